The van der Waals surface area contributed by atoms with Crippen molar-refractivity contribution in [3.05, 3.63) is 169 Å². The molecule has 1 aliphatic heterocycles. The van der Waals surface area contributed by atoms with Crippen molar-refractivity contribution in [2.45, 2.75) is 6.04 Å². The van der Waals surface area contributed by atoms with Gasteiger partial charge < -0.3 is 5.32 Å². The zero-order valence-corrected chi connectivity index (χ0v) is 27.7. The first-order chi connectivity index (χ1) is 25.7. The Kier molecular flexibility index (Phi) is 7.46. The largest absolute Gasteiger partial charge is 0.362 e. The van der Waals surface area contributed by atoms with E-state index in [0.29, 0.717) is 11.4 Å². The highest BCUT2D eigenvalue weighted by Crippen LogP contribution is 2.34. The molecule has 1 aliphatic rings. The summed E-state index contributed by atoms with van der Waals surface area (Å²) in [6.45, 7) is 0. The van der Waals surface area contributed by atoms with E-state index in [4.69, 9.17) is 15.0 Å². The second kappa shape index (κ2) is 12.7. The van der Waals surface area contributed by atoms with Crippen molar-refractivity contribution in [1.82, 2.24) is 24.4 Å². The molecule has 6 aromatic carbocycles. The summed E-state index contributed by atoms with van der Waals surface area (Å²) < 4.78 is 4.31. The van der Waals surface area contributed by atoms with Gasteiger partial charge in [-0.05, 0) is 48.5 Å². The third kappa shape index (κ3) is 5.20. The molecule has 0 saturated heterocycles. The Hall–Kier alpha value is -7.55. The normalized spacial score (nSPS) is 14.1. The number of benzene rings is 6. The number of imidazole rings is 2. The van der Waals surface area contributed by atoms with E-state index in [1.165, 1.54) is 0 Å². The smallest absolute Gasteiger partial charge is 0.167 e. The van der Waals surface area contributed by atoms with Gasteiger partial charge in [0.2, 0.25) is 0 Å². The minimum atomic E-state index is -0.879. The number of para-hydroxylation sites is 4. The SMILES string of the molecule is N#CC1=NC(c2ccc(-n3c(-c4ccccc4)nc4ccccc43)cc2)=C(c2ccc(-n3c(-c4ccccc4)nc4ccccc43)cc2)NC1C#N. The molecule has 0 spiro atoms. The lowest BCUT2D eigenvalue weighted by molar-refractivity contribution is 0.897. The Morgan fingerprint density at radius 1 is 0.500 bits per heavy atom. The molecule has 52 heavy (non-hydrogen) atoms. The van der Waals surface area contributed by atoms with Gasteiger partial charge in [0, 0.05) is 33.6 Å². The molecule has 0 amide bonds. The molecule has 9 rings (SSSR count). The second-order valence-corrected chi connectivity index (χ2v) is 12.4. The fraction of sp³-hybridized carbons (Fsp3) is 0.0227. The van der Waals surface area contributed by atoms with Crippen LogP contribution in [-0.2, 0) is 0 Å². The monoisotopic (exact) mass is 668 g/mol. The third-order valence-corrected chi connectivity index (χ3v) is 9.27. The topological polar surface area (TPSA) is 108 Å². The van der Waals surface area contributed by atoms with Crippen molar-refractivity contribution < 1.29 is 0 Å². The second-order valence-electron chi connectivity index (χ2n) is 12.4. The van der Waals surface area contributed by atoms with E-state index in [9.17, 15) is 10.5 Å². The van der Waals surface area contributed by atoms with E-state index in [1.807, 2.05) is 121 Å². The molecule has 8 aromatic rings. The fourth-order valence-electron chi connectivity index (χ4n) is 6.82. The van der Waals surface area contributed by atoms with Crippen LogP contribution in [0.15, 0.2) is 163 Å². The van der Waals surface area contributed by atoms with Crippen LogP contribution in [0.25, 0.3) is 67.6 Å². The summed E-state index contributed by atoms with van der Waals surface area (Å²) in [5.74, 6) is 1.69. The number of nitrogens with zero attached hydrogens (tertiary/aromatic N) is 7. The van der Waals surface area contributed by atoms with Crippen LogP contribution >= 0.6 is 0 Å². The average molecular weight is 669 g/mol. The maximum atomic E-state index is 9.99. The number of nitriles is 2. The molecule has 244 valence electrons. The lowest BCUT2D eigenvalue weighted by Crippen LogP contribution is -2.37. The Bertz CT molecular complexity index is 2760. The van der Waals surface area contributed by atoms with Crippen LogP contribution in [0.1, 0.15) is 11.1 Å². The van der Waals surface area contributed by atoms with Crippen LogP contribution in [-0.4, -0.2) is 30.9 Å². The van der Waals surface area contributed by atoms with E-state index >= 15 is 0 Å². The summed E-state index contributed by atoms with van der Waals surface area (Å²) in [6, 6.07) is 56.1. The van der Waals surface area contributed by atoms with Gasteiger partial charge in [0.25, 0.3) is 0 Å². The Labute approximate surface area is 299 Å². The van der Waals surface area contributed by atoms with Gasteiger partial charge in [0.15, 0.2) is 11.8 Å². The number of hydrogen-bond donors (Lipinski definition) is 1. The first-order valence-corrected chi connectivity index (χ1v) is 16.9. The molecule has 2 aromatic heterocycles. The van der Waals surface area contributed by atoms with Gasteiger partial charge in [-0.1, -0.05) is 109 Å². The minimum absolute atomic E-state index is 0.117. The highest BCUT2D eigenvalue weighted by Gasteiger charge is 2.26. The van der Waals surface area contributed by atoms with Crippen LogP contribution in [0, 0.1) is 22.7 Å². The van der Waals surface area contributed by atoms with Crippen molar-refractivity contribution in [3.8, 4) is 46.3 Å². The first kappa shape index (κ1) is 30.5. The van der Waals surface area contributed by atoms with E-state index in [-0.39, 0.29) is 5.71 Å². The predicted molar refractivity (Wildman–Crippen MR) is 205 cm³/mol. The van der Waals surface area contributed by atoms with Crippen LogP contribution in [0.3, 0.4) is 0 Å². The summed E-state index contributed by atoms with van der Waals surface area (Å²) in [5.41, 5.74) is 10.7. The maximum absolute atomic E-state index is 9.99. The minimum Gasteiger partial charge on any atom is -0.362 e. The van der Waals surface area contributed by atoms with Crippen LogP contribution in [0.4, 0.5) is 0 Å². The number of rotatable bonds is 6. The summed E-state index contributed by atoms with van der Waals surface area (Å²) in [5, 5.41) is 23.3. The standard InChI is InChI=1S/C44H28N8/c45-27-37-38(28-46)48-42(30-21-25-34(26-22-30)52-40-18-10-8-16-36(40)50-44(52)32-13-5-2-6-14-32)41(47-37)29-19-23-33(24-20-29)51-39-17-9-7-15-35(39)49-43(51)31-11-3-1-4-12-31/h1-26,37,47H. The highest BCUT2D eigenvalue weighted by molar-refractivity contribution is 6.12. The fourth-order valence-corrected chi connectivity index (χ4v) is 6.82. The number of aromatic nitrogens is 4. The summed E-state index contributed by atoms with van der Waals surface area (Å²) in [6.07, 6.45) is 0. The summed E-state index contributed by atoms with van der Waals surface area (Å²) in [4.78, 5) is 14.7. The molecule has 0 fully saturated rings. The van der Waals surface area contributed by atoms with Gasteiger partial charge in [0.1, 0.15) is 17.7 Å². The van der Waals surface area contributed by atoms with Gasteiger partial charge in [-0.3, -0.25) is 9.13 Å². The number of nitrogens with one attached hydrogen (secondary N) is 1. The van der Waals surface area contributed by atoms with Gasteiger partial charge in [0.05, 0.1) is 39.5 Å². The van der Waals surface area contributed by atoms with E-state index in [1.54, 1.807) is 0 Å². The molecule has 1 unspecified atom stereocenters. The van der Waals surface area contributed by atoms with Gasteiger partial charge in [-0.2, -0.15) is 10.5 Å². The quantitative estimate of drug-likeness (QED) is 0.190. The zero-order chi connectivity index (χ0) is 35.0. The molecule has 0 saturated carbocycles. The van der Waals surface area contributed by atoms with Crippen molar-refractivity contribution in [2.24, 2.45) is 4.99 Å². The average Bonchev–Trinajstić information content (AvgIpc) is 3.81. The van der Waals surface area contributed by atoms with Crippen molar-refractivity contribution in [2.75, 3.05) is 0 Å². The Morgan fingerprint density at radius 2 is 0.962 bits per heavy atom. The predicted octanol–water partition coefficient (Wildman–Crippen LogP) is 8.98. The molecule has 1 N–H and O–H groups in total. The first-order valence-electron chi connectivity index (χ1n) is 16.9. The number of aliphatic imine (C=N–C) groups is 1. The van der Waals surface area contributed by atoms with E-state index < -0.39 is 6.04 Å². The lowest BCUT2D eigenvalue weighted by Gasteiger charge is -2.23. The van der Waals surface area contributed by atoms with Crippen LogP contribution in [0.2, 0.25) is 0 Å². The molecule has 8 nitrogen and oxygen atoms in total. The highest BCUT2D eigenvalue weighted by atomic mass is 15.1. The molecule has 0 bridgehead atoms. The summed E-state index contributed by atoms with van der Waals surface area (Å²) in [7, 11) is 0. The zero-order valence-electron chi connectivity index (χ0n) is 27.7. The molecule has 3 heterocycles. The Morgan fingerprint density at radius 3 is 1.44 bits per heavy atom. The lowest BCUT2D eigenvalue weighted by atomic mass is 10.00. The van der Waals surface area contributed by atoms with Crippen LogP contribution in [0.5, 0.6) is 0 Å². The summed E-state index contributed by atoms with van der Waals surface area (Å²) >= 11 is 0. The Balaban J connectivity index is 1.15. The van der Waals surface area contributed by atoms with Gasteiger partial charge >= 0.3 is 0 Å². The number of hydrogen-bond acceptors (Lipinski definition) is 6. The van der Waals surface area contributed by atoms with Crippen molar-refractivity contribution >= 4 is 39.2 Å². The molecular formula is C44H28N8. The van der Waals surface area contributed by atoms with Crippen molar-refractivity contribution in [1.29, 1.82) is 10.5 Å². The molecule has 8 heteroatoms. The molecular weight excluding hydrogens is 641 g/mol. The maximum Gasteiger partial charge on any atom is 0.167 e. The molecule has 1 atom stereocenters. The van der Waals surface area contributed by atoms with Crippen LogP contribution < -0.4 is 5.32 Å². The van der Waals surface area contributed by atoms with E-state index in [0.717, 1.165) is 67.3 Å². The van der Waals surface area contributed by atoms with Gasteiger partial charge in [-0.15, -0.1) is 0 Å². The van der Waals surface area contributed by atoms with E-state index in [2.05, 4.69) is 63.0 Å². The molecule has 0 aliphatic carbocycles. The third-order valence-electron chi connectivity index (χ3n) is 9.27. The molecule has 0 radical (unpaired) electrons. The van der Waals surface area contributed by atoms with Gasteiger partial charge in [-0.25, -0.2) is 15.0 Å². The van der Waals surface area contributed by atoms with Crippen molar-refractivity contribution in [3.63, 3.8) is 0 Å². The number of fused-ring (bicyclic) bond motifs is 2.